The number of aliphatic hydroxyl groups excluding tert-OH is 1. The third-order valence-corrected chi connectivity index (χ3v) is 3.58. The predicted molar refractivity (Wildman–Crippen MR) is 82.3 cm³/mol. The molecule has 1 atom stereocenters. The summed E-state index contributed by atoms with van der Waals surface area (Å²) in [5.74, 6) is 2.09. The van der Waals surface area contributed by atoms with Gasteiger partial charge in [0.2, 0.25) is 5.88 Å². The van der Waals surface area contributed by atoms with Crippen molar-refractivity contribution in [3.63, 3.8) is 0 Å². The van der Waals surface area contributed by atoms with E-state index in [1.54, 1.807) is 0 Å². The molecule has 1 saturated heterocycles. The number of alkyl halides is 3. The minimum Gasteiger partial charge on any atom is -0.474 e. The first-order valence-corrected chi connectivity index (χ1v) is 7.69. The van der Waals surface area contributed by atoms with Crippen LogP contribution in [0.4, 0.5) is 13.2 Å². The summed E-state index contributed by atoms with van der Waals surface area (Å²) in [5, 5.41) is 15.2. The summed E-state index contributed by atoms with van der Waals surface area (Å²) in [7, 11) is 0. The highest BCUT2D eigenvalue weighted by atomic mass is 19.4. The molecule has 0 aliphatic carbocycles. The van der Waals surface area contributed by atoms with E-state index in [1.807, 2.05) is 0 Å². The molecule has 1 aliphatic rings. The summed E-state index contributed by atoms with van der Waals surface area (Å²) in [6.07, 6.45) is 0.793. The fourth-order valence-electron chi connectivity index (χ4n) is 2.36. The molecule has 0 aromatic carbocycles. The number of piperidine rings is 1. The second kappa shape index (κ2) is 8.33. The van der Waals surface area contributed by atoms with Crippen molar-refractivity contribution in [1.82, 2.24) is 15.6 Å². The molecule has 0 spiro atoms. The zero-order valence-corrected chi connectivity index (χ0v) is 13.1. The maximum absolute atomic E-state index is 13.0. The largest absolute Gasteiger partial charge is 0.474 e. The van der Waals surface area contributed by atoms with Gasteiger partial charge in [0.1, 0.15) is 17.9 Å². The Morgan fingerprint density at radius 3 is 2.75 bits per heavy atom. The molecule has 2 heterocycles. The molecule has 132 valence electrons. The number of nitrogens with zero attached hydrogens (tertiary/aromatic N) is 1. The van der Waals surface area contributed by atoms with Gasteiger partial charge in [-0.2, -0.15) is 13.2 Å². The molecule has 0 amide bonds. The zero-order chi connectivity index (χ0) is 17.6. The number of aromatic nitrogens is 1. The molecule has 1 fully saturated rings. The van der Waals surface area contributed by atoms with Crippen LogP contribution in [0.25, 0.3) is 0 Å². The normalized spacial score (nSPS) is 17.3. The summed E-state index contributed by atoms with van der Waals surface area (Å²) in [6, 6.07) is 2.44. The van der Waals surface area contributed by atoms with Gasteiger partial charge in [0.15, 0.2) is 0 Å². The van der Waals surface area contributed by atoms with Gasteiger partial charge >= 0.3 is 6.18 Å². The fourth-order valence-corrected chi connectivity index (χ4v) is 2.36. The monoisotopic (exact) mass is 343 g/mol. The van der Waals surface area contributed by atoms with Gasteiger partial charge in [0.05, 0.1) is 0 Å². The SMILES string of the molecule is C#CC(O)CNCc1cc(OC2CCNCC2)nc(C(F)(F)F)c1. The number of hydrogen-bond acceptors (Lipinski definition) is 5. The van der Waals surface area contributed by atoms with Crippen LogP contribution in [0.3, 0.4) is 0 Å². The van der Waals surface area contributed by atoms with Crippen LogP contribution in [-0.2, 0) is 12.7 Å². The molecule has 3 N–H and O–H groups in total. The summed E-state index contributed by atoms with van der Waals surface area (Å²) in [4.78, 5) is 3.58. The van der Waals surface area contributed by atoms with Crippen molar-refractivity contribution < 1.29 is 23.0 Å². The molecule has 2 rings (SSSR count). The lowest BCUT2D eigenvalue weighted by Crippen LogP contribution is -2.34. The van der Waals surface area contributed by atoms with Crippen molar-refractivity contribution >= 4 is 0 Å². The highest BCUT2D eigenvalue weighted by Gasteiger charge is 2.33. The molecule has 0 saturated carbocycles. The van der Waals surface area contributed by atoms with Crippen LogP contribution in [0, 0.1) is 12.3 Å². The molecule has 24 heavy (non-hydrogen) atoms. The van der Waals surface area contributed by atoms with Crippen molar-refractivity contribution in [2.45, 2.75) is 37.8 Å². The molecular formula is C16H20F3N3O2. The minimum atomic E-state index is -4.55. The maximum atomic E-state index is 13.0. The molecule has 0 bridgehead atoms. The van der Waals surface area contributed by atoms with Crippen molar-refractivity contribution in [2.24, 2.45) is 0 Å². The minimum absolute atomic E-state index is 0.0361. The third kappa shape index (κ3) is 5.67. The highest BCUT2D eigenvalue weighted by molar-refractivity contribution is 5.27. The van der Waals surface area contributed by atoms with Crippen LogP contribution >= 0.6 is 0 Å². The molecular weight excluding hydrogens is 323 g/mol. The van der Waals surface area contributed by atoms with E-state index in [2.05, 4.69) is 21.5 Å². The maximum Gasteiger partial charge on any atom is 0.433 e. The van der Waals surface area contributed by atoms with Gasteiger partial charge in [-0.1, -0.05) is 5.92 Å². The predicted octanol–water partition coefficient (Wildman–Crippen LogP) is 1.31. The van der Waals surface area contributed by atoms with E-state index in [0.29, 0.717) is 5.56 Å². The summed E-state index contributed by atoms with van der Waals surface area (Å²) in [5.41, 5.74) is -0.631. The Morgan fingerprint density at radius 1 is 1.42 bits per heavy atom. The Bertz CT molecular complexity index is 581. The summed E-state index contributed by atoms with van der Waals surface area (Å²) in [6.45, 7) is 1.74. The number of hydrogen-bond donors (Lipinski definition) is 3. The number of pyridine rings is 1. The average molecular weight is 343 g/mol. The molecule has 1 aliphatic heterocycles. The summed E-state index contributed by atoms with van der Waals surface area (Å²) >= 11 is 0. The lowest BCUT2D eigenvalue weighted by atomic mass is 10.1. The Kier molecular flexibility index (Phi) is 6.43. The standard InChI is InChI=1S/C16H20F3N3O2/c1-2-12(23)10-21-9-11-7-14(16(17,18)19)22-15(8-11)24-13-3-5-20-6-4-13/h1,7-8,12-13,20-21,23H,3-6,9-10H2. The second-order valence-corrected chi connectivity index (χ2v) is 5.58. The van der Waals surface area contributed by atoms with Gasteiger partial charge < -0.3 is 20.5 Å². The van der Waals surface area contributed by atoms with Crippen molar-refractivity contribution in [3.8, 4) is 18.2 Å². The lowest BCUT2D eigenvalue weighted by molar-refractivity contribution is -0.141. The van der Waals surface area contributed by atoms with E-state index in [9.17, 15) is 18.3 Å². The third-order valence-electron chi connectivity index (χ3n) is 3.58. The highest BCUT2D eigenvalue weighted by Crippen LogP contribution is 2.30. The molecule has 8 heteroatoms. The van der Waals surface area contributed by atoms with Crippen LogP contribution < -0.4 is 15.4 Å². The second-order valence-electron chi connectivity index (χ2n) is 5.58. The first-order valence-electron chi connectivity index (χ1n) is 7.69. The van der Waals surface area contributed by atoms with E-state index in [1.165, 1.54) is 6.07 Å². The first-order chi connectivity index (χ1) is 11.4. The van der Waals surface area contributed by atoms with Gasteiger partial charge in [-0.05, 0) is 37.6 Å². The summed E-state index contributed by atoms with van der Waals surface area (Å²) < 4.78 is 44.7. The fraction of sp³-hybridized carbons (Fsp3) is 0.562. The molecule has 1 unspecified atom stereocenters. The van der Waals surface area contributed by atoms with Crippen LogP contribution in [0.1, 0.15) is 24.1 Å². The Hall–Kier alpha value is -1.82. The zero-order valence-electron chi connectivity index (χ0n) is 13.1. The van der Waals surface area contributed by atoms with Crippen LogP contribution in [0.5, 0.6) is 5.88 Å². The number of ether oxygens (including phenoxy) is 1. The van der Waals surface area contributed by atoms with E-state index < -0.39 is 18.0 Å². The quantitative estimate of drug-likeness (QED) is 0.680. The van der Waals surface area contributed by atoms with Gasteiger partial charge in [-0.3, -0.25) is 0 Å². The first kappa shape index (κ1) is 18.5. The number of nitrogens with one attached hydrogen (secondary N) is 2. The van der Waals surface area contributed by atoms with E-state index in [0.717, 1.165) is 32.0 Å². The smallest absolute Gasteiger partial charge is 0.433 e. The van der Waals surface area contributed by atoms with Gasteiger partial charge in [-0.25, -0.2) is 4.98 Å². The van der Waals surface area contributed by atoms with Crippen LogP contribution in [-0.4, -0.2) is 41.9 Å². The number of halogens is 3. The van der Waals surface area contributed by atoms with E-state index >= 15 is 0 Å². The van der Waals surface area contributed by atoms with Gasteiger partial charge in [0, 0.05) is 19.2 Å². The Labute approximate surface area is 138 Å². The molecule has 0 radical (unpaired) electrons. The lowest BCUT2D eigenvalue weighted by Gasteiger charge is -2.24. The topological polar surface area (TPSA) is 66.4 Å². The van der Waals surface area contributed by atoms with E-state index in [4.69, 9.17) is 11.2 Å². The molecule has 1 aromatic rings. The number of aliphatic hydroxyl groups is 1. The van der Waals surface area contributed by atoms with Gasteiger partial charge in [-0.15, -0.1) is 6.42 Å². The molecule has 5 nitrogen and oxygen atoms in total. The van der Waals surface area contributed by atoms with Gasteiger partial charge in [0.25, 0.3) is 0 Å². The van der Waals surface area contributed by atoms with Crippen LogP contribution in [0.15, 0.2) is 12.1 Å². The van der Waals surface area contributed by atoms with Crippen molar-refractivity contribution in [3.05, 3.63) is 23.4 Å². The Morgan fingerprint density at radius 2 is 2.12 bits per heavy atom. The van der Waals surface area contributed by atoms with Crippen molar-refractivity contribution in [1.29, 1.82) is 0 Å². The van der Waals surface area contributed by atoms with E-state index in [-0.39, 0.29) is 25.1 Å². The number of terminal acetylenes is 1. The number of rotatable bonds is 6. The Balaban J connectivity index is 2.10. The van der Waals surface area contributed by atoms with Crippen molar-refractivity contribution in [2.75, 3.05) is 19.6 Å². The molecule has 1 aromatic heterocycles. The average Bonchev–Trinajstić information content (AvgIpc) is 2.54. The van der Waals surface area contributed by atoms with Crippen LogP contribution in [0.2, 0.25) is 0 Å².